The fraction of sp³-hybridized carbons (Fsp3) is 0.500. The molecule has 2 atom stereocenters. The van der Waals surface area contributed by atoms with E-state index in [1.54, 1.807) is 23.6 Å². The average Bonchev–Trinajstić information content (AvgIpc) is 3.20. The first-order valence-corrected chi connectivity index (χ1v) is 11.0. The number of para-hydroxylation sites is 1. The second kappa shape index (κ2) is 7.36. The lowest BCUT2D eigenvalue weighted by Crippen LogP contribution is -2.41. The van der Waals surface area contributed by atoms with E-state index in [-0.39, 0.29) is 23.5 Å². The number of hydrogen-bond acceptors (Lipinski definition) is 7. The minimum absolute atomic E-state index is 0.0353. The molecule has 2 aromatic rings. The van der Waals surface area contributed by atoms with Crippen molar-refractivity contribution in [2.24, 2.45) is 0 Å². The number of aryl methyl sites for hydroxylation is 1. The molecule has 3 rings (SSSR count). The first-order chi connectivity index (χ1) is 12.3. The molecule has 0 radical (unpaired) electrons. The minimum atomic E-state index is -3.03. The van der Waals surface area contributed by atoms with Crippen molar-refractivity contribution in [2.75, 3.05) is 18.6 Å². The first-order valence-electron chi connectivity index (χ1n) is 8.26. The number of tetrazole rings is 1. The monoisotopic (exact) mass is 395 g/mol. The average molecular weight is 396 g/mol. The molecule has 0 N–H and O–H groups in total. The van der Waals surface area contributed by atoms with Crippen LogP contribution in [-0.4, -0.2) is 69.3 Å². The molecule has 0 aliphatic carbocycles. The third-order valence-electron chi connectivity index (χ3n) is 4.52. The SMILES string of the molecule is Cc1ccccc1-n1nnnc1S[C@H](C)C(=O)N(C)[C@@H]1CCS(=O)(=O)C1. The standard InChI is InChI=1S/C16H21N5O3S2/c1-11-6-4-5-7-14(11)21-16(17-18-19-21)25-12(2)15(22)20(3)13-8-9-26(23,24)10-13/h4-7,12-13H,8-10H2,1-3H3/t12-,13-/m1/s1. The highest BCUT2D eigenvalue weighted by Gasteiger charge is 2.34. The number of thioether (sulfide) groups is 1. The highest BCUT2D eigenvalue weighted by molar-refractivity contribution is 8.00. The fourth-order valence-corrected chi connectivity index (χ4v) is 5.64. The molecule has 0 spiro atoms. The maximum Gasteiger partial charge on any atom is 0.235 e. The van der Waals surface area contributed by atoms with Crippen molar-refractivity contribution in [3.8, 4) is 5.69 Å². The van der Waals surface area contributed by atoms with E-state index < -0.39 is 15.1 Å². The zero-order valence-electron chi connectivity index (χ0n) is 14.9. The van der Waals surface area contributed by atoms with Crippen LogP contribution in [0.15, 0.2) is 29.4 Å². The second-order valence-electron chi connectivity index (χ2n) is 6.43. The molecule has 1 aliphatic rings. The number of amides is 1. The Morgan fingerprint density at radius 3 is 2.77 bits per heavy atom. The molecule has 1 aromatic heterocycles. The molecule has 26 heavy (non-hydrogen) atoms. The van der Waals surface area contributed by atoms with Crippen LogP contribution in [0.5, 0.6) is 0 Å². The topological polar surface area (TPSA) is 98.1 Å². The molecular weight excluding hydrogens is 374 g/mol. The summed E-state index contributed by atoms with van der Waals surface area (Å²) in [5.41, 5.74) is 1.88. The Morgan fingerprint density at radius 1 is 1.38 bits per heavy atom. The van der Waals surface area contributed by atoms with Gasteiger partial charge in [-0.2, -0.15) is 4.68 Å². The van der Waals surface area contributed by atoms with Crippen LogP contribution >= 0.6 is 11.8 Å². The highest BCUT2D eigenvalue weighted by atomic mass is 32.2. The van der Waals surface area contributed by atoms with Crippen molar-refractivity contribution >= 4 is 27.5 Å². The van der Waals surface area contributed by atoms with Gasteiger partial charge in [-0.15, -0.1) is 5.10 Å². The van der Waals surface area contributed by atoms with Gasteiger partial charge in [0.1, 0.15) is 0 Å². The predicted octanol–water partition coefficient (Wildman–Crippen LogP) is 1.10. The molecule has 1 aliphatic heterocycles. The van der Waals surface area contributed by atoms with E-state index in [1.165, 1.54) is 11.8 Å². The van der Waals surface area contributed by atoms with E-state index in [4.69, 9.17) is 0 Å². The molecule has 1 fully saturated rings. The van der Waals surface area contributed by atoms with Gasteiger partial charge >= 0.3 is 0 Å². The molecule has 2 heterocycles. The molecule has 1 amide bonds. The molecule has 1 aromatic carbocycles. The lowest BCUT2D eigenvalue weighted by molar-refractivity contribution is -0.130. The van der Waals surface area contributed by atoms with Crippen molar-refractivity contribution in [1.82, 2.24) is 25.1 Å². The van der Waals surface area contributed by atoms with Gasteiger partial charge in [0, 0.05) is 13.1 Å². The van der Waals surface area contributed by atoms with Gasteiger partial charge in [-0.3, -0.25) is 4.79 Å². The summed E-state index contributed by atoms with van der Waals surface area (Å²) in [5, 5.41) is 11.9. The Hall–Kier alpha value is -1.94. The number of hydrogen-bond donors (Lipinski definition) is 0. The Morgan fingerprint density at radius 2 is 2.12 bits per heavy atom. The molecule has 140 valence electrons. The van der Waals surface area contributed by atoms with E-state index in [2.05, 4.69) is 15.5 Å². The Bertz CT molecular complexity index is 912. The summed E-state index contributed by atoms with van der Waals surface area (Å²) in [4.78, 5) is 14.3. The van der Waals surface area contributed by atoms with Crippen molar-refractivity contribution in [3.05, 3.63) is 29.8 Å². The van der Waals surface area contributed by atoms with Crippen LogP contribution in [0.2, 0.25) is 0 Å². The van der Waals surface area contributed by atoms with Crippen LogP contribution in [0.4, 0.5) is 0 Å². The molecule has 8 nitrogen and oxygen atoms in total. The van der Waals surface area contributed by atoms with Gasteiger partial charge < -0.3 is 4.90 Å². The van der Waals surface area contributed by atoms with Crippen LogP contribution < -0.4 is 0 Å². The maximum absolute atomic E-state index is 12.7. The number of carbonyl (C=O) groups is 1. The van der Waals surface area contributed by atoms with Crippen molar-refractivity contribution < 1.29 is 13.2 Å². The number of benzene rings is 1. The van der Waals surface area contributed by atoms with Gasteiger partial charge in [-0.05, 0) is 42.3 Å². The quantitative estimate of drug-likeness (QED) is 0.699. The summed E-state index contributed by atoms with van der Waals surface area (Å²) in [6.45, 7) is 3.75. The zero-order chi connectivity index (χ0) is 18.9. The predicted molar refractivity (Wildman–Crippen MR) is 99.0 cm³/mol. The molecule has 0 bridgehead atoms. The summed E-state index contributed by atoms with van der Waals surface area (Å²) in [5.74, 6) is 0.0482. The van der Waals surface area contributed by atoms with Gasteiger partial charge in [-0.1, -0.05) is 30.0 Å². The van der Waals surface area contributed by atoms with E-state index in [9.17, 15) is 13.2 Å². The normalized spacial score (nSPS) is 20.0. The Kier molecular flexibility index (Phi) is 5.33. The van der Waals surface area contributed by atoms with Crippen LogP contribution in [-0.2, 0) is 14.6 Å². The van der Waals surface area contributed by atoms with Gasteiger partial charge in [-0.25, -0.2) is 8.42 Å². The lowest BCUT2D eigenvalue weighted by Gasteiger charge is -2.26. The third-order valence-corrected chi connectivity index (χ3v) is 7.29. The van der Waals surface area contributed by atoms with E-state index in [0.29, 0.717) is 11.6 Å². The molecule has 10 heteroatoms. The van der Waals surface area contributed by atoms with E-state index in [0.717, 1.165) is 11.3 Å². The number of rotatable bonds is 5. The number of carbonyl (C=O) groups excluding carboxylic acids is 1. The van der Waals surface area contributed by atoms with Crippen LogP contribution in [0.25, 0.3) is 5.69 Å². The largest absolute Gasteiger partial charge is 0.341 e. The fourth-order valence-electron chi connectivity index (χ4n) is 2.96. The summed E-state index contributed by atoms with van der Waals surface area (Å²) >= 11 is 1.26. The number of aromatic nitrogens is 4. The Balaban J connectivity index is 1.73. The zero-order valence-corrected chi connectivity index (χ0v) is 16.5. The first kappa shape index (κ1) is 18.8. The molecular formula is C16H21N5O3S2. The summed E-state index contributed by atoms with van der Waals surface area (Å²) < 4.78 is 24.9. The van der Waals surface area contributed by atoms with Gasteiger partial charge in [0.2, 0.25) is 11.1 Å². The van der Waals surface area contributed by atoms with Crippen LogP contribution in [0, 0.1) is 6.92 Å². The van der Waals surface area contributed by atoms with Crippen molar-refractivity contribution in [2.45, 2.75) is 36.7 Å². The summed E-state index contributed by atoms with van der Waals surface area (Å²) in [6, 6.07) is 7.46. The van der Waals surface area contributed by atoms with Crippen LogP contribution in [0.1, 0.15) is 18.9 Å². The van der Waals surface area contributed by atoms with Gasteiger partial charge in [0.05, 0.1) is 22.4 Å². The minimum Gasteiger partial charge on any atom is -0.341 e. The summed E-state index contributed by atoms with van der Waals surface area (Å²) in [7, 11) is -1.37. The Labute approximate surface area is 156 Å². The smallest absolute Gasteiger partial charge is 0.235 e. The maximum atomic E-state index is 12.7. The number of nitrogens with zero attached hydrogens (tertiary/aromatic N) is 5. The number of sulfone groups is 1. The van der Waals surface area contributed by atoms with Gasteiger partial charge in [0.25, 0.3) is 0 Å². The lowest BCUT2D eigenvalue weighted by atomic mass is 10.2. The van der Waals surface area contributed by atoms with E-state index in [1.807, 2.05) is 31.2 Å². The molecule has 0 unspecified atom stereocenters. The second-order valence-corrected chi connectivity index (χ2v) is 9.96. The van der Waals surface area contributed by atoms with E-state index >= 15 is 0 Å². The molecule has 0 saturated carbocycles. The van der Waals surface area contributed by atoms with Crippen molar-refractivity contribution in [1.29, 1.82) is 0 Å². The summed E-state index contributed by atoms with van der Waals surface area (Å²) in [6.07, 6.45) is 0.489. The highest BCUT2D eigenvalue weighted by Crippen LogP contribution is 2.26. The third kappa shape index (κ3) is 3.90. The molecule has 1 saturated heterocycles. The van der Waals surface area contributed by atoms with Crippen LogP contribution in [0.3, 0.4) is 0 Å². The van der Waals surface area contributed by atoms with Crippen molar-refractivity contribution in [3.63, 3.8) is 0 Å². The van der Waals surface area contributed by atoms with Gasteiger partial charge in [0.15, 0.2) is 9.84 Å².